The minimum Gasteiger partial charge on any atom is -0.396 e. The Kier molecular flexibility index (Phi) is 3.52. The molecule has 0 heterocycles. The van der Waals surface area contributed by atoms with Crippen LogP contribution >= 0.6 is 0 Å². The third-order valence-electron chi connectivity index (χ3n) is 2.26. The minimum atomic E-state index is -0.431. The van der Waals surface area contributed by atoms with Crippen LogP contribution in [0.5, 0.6) is 0 Å². The van der Waals surface area contributed by atoms with E-state index in [0.717, 1.165) is 0 Å². The van der Waals surface area contributed by atoms with Gasteiger partial charge in [0.1, 0.15) is 5.82 Å². The molecule has 0 radical (unpaired) electrons. The molecule has 0 aliphatic heterocycles. The molecule has 0 atom stereocenters. The van der Waals surface area contributed by atoms with Crippen LogP contribution in [-0.4, -0.2) is 17.3 Å². The Morgan fingerprint density at radius 2 is 2.13 bits per heavy atom. The van der Waals surface area contributed by atoms with Gasteiger partial charge in [-0.05, 0) is 32.4 Å². The molecule has 3 nitrogen and oxygen atoms in total. The first-order valence-electron chi connectivity index (χ1n) is 4.89. The molecular weight excluding hydrogens is 195 g/mol. The number of rotatable bonds is 4. The summed E-state index contributed by atoms with van der Waals surface area (Å²) in [6.45, 7) is 3.93. The number of nitrogen functional groups attached to an aromatic ring is 1. The lowest BCUT2D eigenvalue weighted by atomic mass is 10.0. The van der Waals surface area contributed by atoms with Crippen LogP contribution in [-0.2, 0) is 0 Å². The Hall–Kier alpha value is -1.29. The average Bonchev–Trinajstić information content (AvgIpc) is 2.12. The van der Waals surface area contributed by atoms with Gasteiger partial charge in [0.05, 0.1) is 11.4 Å². The lowest BCUT2D eigenvalue weighted by Crippen LogP contribution is -2.32. The van der Waals surface area contributed by atoms with Crippen molar-refractivity contribution < 1.29 is 9.50 Å². The van der Waals surface area contributed by atoms with Crippen LogP contribution in [0.2, 0.25) is 0 Å². The lowest BCUT2D eigenvalue weighted by Gasteiger charge is -2.27. The van der Waals surface area contributed by atoms with Gasteiger partial charge in [-0.3, -0.25) is 0 Å². The summed E-state index contributed by atoms with van der Waals surface area (Å²) in [5.74, 6) is -0.431. The molecule has 0 aliphatic rings. The van der Waals surface area contributed by atoms with Crippen LogP contribution in [0.25, 0.3) is 0 Å². The highest BCUT2D eigenvalue weighted by atomic mass is 19.1. The second-order valence-corrected chi connectivity index (χ2v) is 4.18. The van der Waals surface area contributed by atoms with Crippen molar-refractivity contribution in [1.82, 2.24) is 0 Å². The Balaban J connectivity index is 2.85. The van der Waals surface area contributed by atoms with Gasteiger partial charge in [0, 0.05) is 12.1 Å². The van der Waals surface area contributed by atoms with E-state index in [1.165, 1.54) is 6.07 Å². The highest BCUT2D eigenvalue weighted by Gasteiger charge is 2.18. The quantitative estimate of drug-likeness (QED) is 0.669. The molecule has 0 bridgehead atoms. The molecule has 0 aliphatic carbocycles. The van der Waals surface area contributed by atoms with Gasteiger partial charge in [-0.1, -0.05) is 6.07 Å². The van der Waals surface area contributed by atoms with Crippen molar-refractivity contribution in [3.63, 3.8) is 0 Å². The van der Waals surface area contributed by atoms with Gasteiger partial charge in [-0.2, -0.15) is 0 Å². The molecule has 1 aromatic rings. The fourth-order valence-electron chi connectivity index (χ4n) is 1.35. The number of anilines is 2. The number of nitrogens with one attached hydrogen (secondary N) is 1. The van der Waals surface area contributed by atoms with Crippen LogP contribution in [0.3, 0.4) is 0 Å². The van der Waals surface area contributed by atoms with Crippen LogP contribution in [0.1, 0.15) is 20.3 Å². The molecule has 0 amide bonds. The maximum Gasteiger partial charge on any atom is 0.148 e. The van der Waals surface area contributed by atoms with E-state index in [1.54, 1.807) is 12.1 Å². The number of nitrogens with two attached hydrogens (primary N) is 1. The molecular formula is C11H17FN2O. The van der Waals surface area contributed by atoms with E-state index in [0.29, 0.717) is 12.1 Å². The van der Waals surface area contributed by atoms with Crippen molar-refractivity contribution >= 4 is 11.4 Å². The van der Waals surface area contributed by atoms with Crippen LogP contribution < -0.4 is 11.1 Å². The third-order valence-corrected chi connectivity index (χ3v) is 2.26. The first-order chi connectivity index (χ1) is 6.96. The zero-order chi connectivity index (χ0) is 11.5. The van der Waals surface area contributed by atoms with Crippen molar-refractivity contribution in [1.29, 1.82) is 0 Å². The number of hydrogen-bond donors (Lipinski definition) is 3. The van der Waals surface area contributed by atoms with Gasteiger partial charge in [0.25, 0.3) is 0 Å². The van der Waals surface area contributed by atoms with E-state index in [4.69, 9.17) is 10.8 Å². The number of hydrogen-bond acceptors (Lipinski definition) is 3. The van der Waals surface area contributed by atoms with E-state index in [1.807, 2.05) is 13.8 Å². The summed E-state index contributed by atoms with van der Waals surface area (Å²) in [5.41, 5.74) is 5.95. The number of benzene rings is 1. The molecule has 0 saturated carbocycles. The van der Waals surface area contributed by atoms with Crippen LogP contribution in [0, 0.1) is 5.82 Å². The predicted octanol–water partition coefficient (Wildman–Crippen LogP) is 1.98. The normalized spacial score (nSPS) is 11.5. The maximum absolute atomic E-state index is 13.1. The Morgan fingerprint density at radius 1 is 1.47 bits per heavy atom. The van der Waals surface area contributed by atoms with Gasteiger partial charge < -0.3 is 16.2 Å². The van der Waals surface area contributed by atoms with E-state index in [-0.39, 0.29) is 17.8 Å². The predicted molar refractivity (Wildman–Crippen MR) is 60.2 cm³/mol. The first kappa shape index (κ1) is 11.8. The van der Waals surface area contributed by atoms with Crippen molar-refractivity contribution in [3.8, 4) is 0 Å². The van der Waals surface area contributed by atoms with E-state index in [9.17, 15) is 4.39 Å². The standard InChI is InChI=1S/C11H17FN2O/c1-11(2,6-7-15)14-9-5-3-4-8(12)10(9)13/h3-5,14-15H,6-7,13H2,1-2H3. The molecule has 0 aromatic heterocycles. The zero-order valence-corrected chi connectivity index (χ0v) is 9.05. The van der Waals surface area contributed by atoms with Gasteiger partial charge >= 0.3 is 0 Å². The number of aliphatic hydroxyl groups excluding tert-OH is 1. The molecule has 1 rings (SSSR count). The molecule has 4 heteroatoms. The molecule has 0 spiro atoms. The lowest BCUT2D eigenvalue weighted by molar-refractivity contribution is 0.261. The summed E-state index contributed by atoms with van der Waals surface area (Å²) in [4.78, 5) is 0. The molecule has 0 saturated heterocycles. The molecule has 84 valence electrons. The number of aliphatic hydroxyl groups is 1. The number of halogens is 1. The topological polar surface area (TPSA) is 58.3 Å². The summed E-state index contributed by atoms with van der Waals surface area (Å²) in [6.07, 6.45) is 0.572. The SMILES string of the molecule is CC(C)(CCO)Nc1cccc(F)c1N. The van der Waals surface area contributed by atoms with Crippen molar-refractivity contribution in [2.45, 2.75) is 25.8 Å². The molecule has 0 unspecified atom stereocenters. The summed E-state index contributed by atoms with van der Waals surface area (Å²) in [5, 5.41) is 12.0. The van der Waals surface area contributed by atoms with Gasteiger partial charge in [-0.25, -0.2) is 4.39 Å². The average molecular weight is 212 g/mol. The largest absolute Gasteiger partial charge is 0.396 e. The minimum absolute atomic E-state index is 0.0786. The fraction of sp³-hybridized carbons (Fsp3) is 0.455. The summed E-state index contributed by atoms with van der Waals surface area (Å²) < 4.78 is 13.1. The van der Waals surface area contributed by atoms with Gasteiger partial charge in [-0.15, -0.1) is 0 Å². The van der Waals surface area contributed by atoms with Crippen molar-refractivity contribution in [2.75, 3.05) is 17.7 Å². The van der Waals surface area contributed by atoms with E-state index in [2.05, 4.69) is 5.32 Å². The highest BCUT2D eigenvalue weighted by Crippen LogP contribution is 2.25. The number of para-hydroxylation sites is 1. The Morgan fingerprint density at radius 3 is 2.73 bits per heavy atom. The second kappa shape index (κ2) is 4.49. The molecule has 15 heavy (non-hydrogen) atoms. The van der Waals surface area contributed by atoms with E-state index < -0.39 is 5.82 Å². The Bertz CT molecular complexity index is 339. The maximum atomic E-state index is 13.1. The van der Waals surface area contributed by atoms with Gasteiger partial charge in [0.2, 0.25) is 0 Å². The zero-order valence-electron chi connectivity index (χ0n) is 9.05. The third kappa shape index (κ3) is 3.09. The summed E-state index contributed by atoms with van der Waals surface area (Å²) in [6, 6.07) is 4.64. The molecule has 1 aromatic carbocycles. The van der Waals surface area contributed by atoms with Gasteiger partial charge in [0.15, 0.2) is 0 Å². The molecule has 0 fully saturated rings. The summed E-state index contributed by atoms with van der Waals surface area (Å²) in [7, 11) is 0. The first-order valence-corrected chi connectivity index (χ1v) is 4.89. The fourth-order valence-corrected chi connectivity index (χ4v) is 1.35. The summed E-state index contributed by atoms with van der Waals surface area (Å²) >= 11 is 0. The smallest absolute Gasteiger partial charge is 0.148 e. The van der Waals surface area contributed by atoms with E-state index >= 15 is 0 Å². The molecule has 4 N–H and O–H groups in total. The van der Waals surface area contributed by atoms with Crippen molar-refractivity contribution in [3.05, 3.63) is 24.0 Å². The Labute approximate surface area is 89.1 Å². The van der Waals surface area contributed by atoms with Crippen molar-refractivity contribution in [2.24, 2.45) is 0 Å². The monoisotopic (exact) mass is 212 g/mol. The van der Waals surface area contributed by atoms with Crippen LogP contribution in [0.4, 0.5) is 15.8 Å². The highest BCUT2D eigenvalue weighted by molar-refractivity contribution is 5.67. The second-order valence-electron chi connectivity index (χ2n) is 4.18. The van der Waals surface area contributed by atoms with Crippen LogP contribution in [0.15, 0.2) is 18.2 Å².